The summed E-state index contributed by atoms with van der Waals surface area (Å²) in [5, 5.41) is 9.35. The summed E-state index contributed by atoms with van der Waals surface area (Å²) < 4.78 is 0. The summed E-state index contributed by atoms with van der Waals surface area (Å²) in [6.07, 6.45) is 2.63. The third-order valence-corrected chi connectivity index (χ3v) is 3.48. The van der Waals surface area contributed by atoms with Crippen LogP contribution in [0.2, 0.25) is 0 Å². The van der Waals surface area contributed by atoms with Crippen molar-refractivity contribution in [2.45, 2.75) is 46.6 Å². The monoisotopic (exact) mass is 243 g/mol. The lowest BCUT2D eigenvalue weighted by Crippen LogP contribution is -2.34. The Morgan fingerprint density at radius 2 is 2.11 bits per heavy atom. The Morgan fingerprint density at radius 3 is 2.61 bits per heavy atom. The normalized spacial score (nSPS) is 14.7. The highest BCUT2D eigenvalue weighted by Gasteiger charge is 2.27. The number of hydrogen-bond acceptors (Lipinski definition) is 3. The molecule has 1 fully saturated rings. The molecule has 18 heavy (non-hydrogen) atoms. The quantitative estimate of drug-likeness (QED) is 0.815. The molecule has 0 N–H and O–H groups in total. The fraction of sp³-hybridized carbons (Fsp3) is 0.600. The highest BCUT2D eigenvalue weighted by Crippen LogP contribution is 2.33. The Labute approximate surface area is 109 Å². The highest BCUT2D eigenvalue weighted by molar-refractivity contribution is 5.58. The molecule has 1 aliphatic rings. The number of pyridine rings is 1. The van der Waals surface area contributed by atoms with Crippen LogP contribution in [0.25, 0.3) is 0 Å². The van der Waals surface area contributed by atoms with E-state index < -0.39 is 0 Å². The summed E-state index contributed by atoms with van der Waals surface area (Å²) in [5.41, 5.74) is 2.75. The van der Waals surface area contributed by atoms with Crippen LogP contribution in [-0.4, -0.2) is 17.6 Å². The van der Waals surface area contributed by atoms with Crippen molar-refractivity contribution in [2.75, 3.05) is 11.4 Å². The molecule has 1 heterocycles. The lowest BCUT2D eigenvalue weighted by molar-refractivity contribution is 0.635. The fourth-order valence-corrected chi connectivity index (χ4v) is 2.28. The predicted octanol–water partition coefficient (Wildman–Crippen LogP) is 3.19. The van der Waals surface area contributed by atoms with Crippen molar-refractivity contribution in [3.8, 4) is 6.07 Å². The van der Waals surface area contributed by atoms with Crippen LogP contribution in [0.4, 0.5) is 5.82 Å². The van der Waals surface area contributed by atoms with Gasteiger partial charge in [-0.25, -0.2) is 4.98 Å². The van der Waals surface area contributed by atoms with E-state index >= 15 is 0 Å². The first-order valence-electron chi connectivity index (χ1n) is 6.68. The van der Waals surface area contributed by atoms with Gasteiger partial charge in [-0.1, -0.05) is 0 Å². The van der Waals surface area contributed by atoms with E-state index in [0.717, 1.165) is 35.1 Å². The SMILES string of the molecule is Cc1cc(C)c(C#N)c(N(CC2CC2)C(C)C)n1. The van der Waals surface area contributed by atoms with Gasteiger partial charge in [-0.2, -0.15) is 5.26 Å². The Bertz CT molecular complexity index is 481. The van der Waals surface area contributed by atoms with Crippen LogP contribution in [0.15, 0.2) is 6.07 Å². The second-order valence-electron chi connectivity index (χ2n) is 5.58. The van der Waals surface area contributed by atoms with Gasteiger partial charge in [0, 0.05) is 18.3 Å². The molecule has 2 rings (SSSR count). The molecule has 1 aromatic rings. The summed E-state index contributed by atoms with van der Waals surface area (Å²) in [6, 6.07) is 4.68. The zero-order chi connectivity index (χ0) is 13.3. The number of hydrogen-bond donors (Lipinski definition) is 0. The molecule has 0 radical (unpaired) electrons. The molecule has 0 spiro atoms. The van der Waals surface area contributed by atoms with Gasteiger partial charge < -0.3 is 4.90 Å². The van der Waals surface area contributed by atoms with Crippen molar-refractivity contribution in [3.63, 3.8) is 0 Å². The number of nitrogens with zero attached hydrogens (tertiary/aromatic N) is 3. The molecule has 0 amide bonds. The van der Waals surface area contributed by atoms with Gasteiger partial charge >= 0.3 is 0 Å². The van der Waals surface area contributed by atoms with E-state index in [1.165, 1.54) is 12.8 Å². The van der Waals surface area contributed by atoms with Crippen LogP contribution in [0.1, 0.15) is 43.5 Å². The Morgan fingerprint density at radius 1 is 1.44 bits per heavy atom. The van der Waals surface area contributed by atoms with E-state index in [1.807, 2.05) is 19.9 Å². The third-order valence-electron chi connectivity index (χ3n) is 3.48. The van der Waals surface area contributed by atoms with Crippen LogP contribution >= 0.6 is 0 Å². The number of rotatable bonds is 4. The second-order valence-corrected chi connectivity index (χ2v) is 5.58. The number of aromatic nitrogens is 1. The average Bonchev–Trinajstić information content (AvgIpc) is 3.08. The van der Waals surface area contributed by atoms with E-state index in [-0.39, 0.29) is 0 Å². The molecule has 96 valence electrons. The minimum atomic E-state index is 0.381. The van der Waals surface area contributed by atoms with Gasteiger partial charge in [0.2, 0.25) is 0 Å². The molecule has 3 nitrogen and oxygen atoms in total. The van der Waals surface area contributed by atoms with E-state index in [4.69, 9.17) is 0 Å². The van der Waals surface area contributed by atoms with Gasteiger partial charge in [-0.05, 0) is 58.1 Å². The summed E-state index contributed by atoms with van der Waals surface area (Å²) in [4.78, 5) is 6.90. The first kappa shape index (κ1) is 12.9. The molecule has 1 saturated carbocycles. The first-order valence-corrected chi connectivity index (χ1v) is 6.68. The fourth-order valence-electron chi connectivity index (χ4n) is 2.28. The van der Waals surface area contributed by atoms with Crippen LogP contribution in [0, 0.1) is 31.1 Å². The Kier molecular flexibility index (Phi) is 3.56. The Balaban J connectivity index is 2.42. The Hall–Kier alpha value is -1.56. The molecular weight excluding hydrogens is 222 g/mol. The lowest BCUT2D eigenvalue weighted by atomic mass is 10.1. The topological polar surface area (TPSA) is 39.9 Å². The highest BCUT2D eigenvalue weighted by atomic mass is 15.2. The zero-order valence-electron chi connectivity index (χ0n) is 11.7. The van der Waals surface area contributed by atoms with E-state index in [1.54, 1.807) is 0 Å². The van der Waals surface area contributed by atoms with Crippen molar-refractivity contribution in [2.24, 2.45) is 5.92 Å². The molecule has 0 bridgehead atoms. The van der Waals surface area contributed by atoms with Crippen LogP contribution in [-0.2, 0) is 0 Å². The van der Waals surface area contributed by atoms with Crippen LogP contribution < -0.4 is 4.90 Å². The number of nitriles is 1. The maximum absolute atomic E-state index is 9.35. The predicted molar refractivity (Wildman–Crippen MR) is 73.6 cm³/mol. The lowest BCUT2D eigenvalue weighted by Gasteiger charge is -2.29. The summed E-state index contributed by atoms with van der Waals surface area (Å²) in [5.74, 6) is 1.67. The smallest absolute Gasteiger partial charge is 0.147 e. The maximum atomic E-state index is 9.35. The number of aryl methyl sites for hydroxylation is 2. The molecule has 0 unspecified atom stereocenters. The van der Waals surface area contributed by atoms with Gasteiger partial charge in [-0.3, -0.25) is 0 Å². The molecule has 1 aliphatic carbocycles. The largest absolute Gasteiger partial charge is 0.353 e. The van der Waals surface area contributed by atoms with Crippen molar-refractivity contribution in [1.82, 2.24) is 4.98 Å². The minimum Gasteiger partial charge on any atom is -0.353 e. The molecule has 0 saturated heterocycles. The maximum Gasteiger partial charge on any atom is 0.147 e. The molecular formula is C15H21N3. The van der Waals surface area contributed by atoms with Gasteiger partial charge in [0.1, 0.15) is 11.9 Å². The minimum absolute atomic E-state index is 0.381. The van der Waals surface area contributed by atoms with Gasteiger partial charge in [-0.15, -0.1) is 0 Å². The van der Waals surface area contributed by atoms with Crippen molar-refractivity contribution >= 4 is 5.82 Å². The van der Waals surface area contributed by atoms with E-state index in [9.17, 15) is 5.26 Å². The van der Waals surface area contributed by atoms with Crippen LogP contribution in [0.5, 0.6) is 0 Å². The summed E-state index contributed by atoms with van der Waals surface area (Å²) >= 11 is 0. The van der Waals surface area contributed by atoms with Crippen LogP contribution in [0.3, 0.4) is 0 Å². The number of anilines is 1. The zero-order valence-corrected chi connectivity index (χ0v) is 11.7. The summed E-state index contributed by atoms with van der Waals surface area (Å²) in [7, 11) is 0. The average molecular weight is 243 g/mol. The third kappa shape index (κ3) is 2.64. The first-order chi connectivity index (χ1) is 8.52. The van der Waals surface area contributed by atoms with Gasteiger partial charge in [0.15, 0.2) is 0 Å². The molecule has 0 aliphatic heterocycles. The van der Waals surface area contributed by atoms with E-state index in [0.29, 0.717) is 6.04 Å². The molecule has 1 aromatic heterocycles. The second kappa shape index (κ2) is 4.97. The van der Waals surface area contributed by atoms with E-state index in [2.05, 4.69) is 29.8 Å². The summed E-state index contributed by atoms with van der Waals surface area (Å²) in [6.45, 7) is 9.35. The van der Waals surface area contributed by atoms with Gasteiger partial charge in [0.25, 0.3) is 0 Å². The molecule has 0 atom stereocenters. The van der Waals surface area contributed by atoms with Crippen molar-refractivity contribution in [3.05, 3.63) is 22.9 Å². The molecule has 3 heteroatoms. The molecule has 0 aromatic carbocycles. The van der Waals surface area contributed by atoms with Crippen molar-refractivity contribution < 1.29 is 0 Å². The standard InChI is InChI=1S/C15H21N3/c1-10(2)18(9-13-5-6-13)15-14(8-16)11(3)7-12(4)17-15/h7,10,13H,5-6,9H2,1-4H3. The van der Waals surface area contributed by atoms with Gasteiger partial charge in [0.05, 0.1) is 5.56 Å². The van der Waals surface area contributed by atoms with Crippen molar-refractivity contribution in [1.29, 1.82) is 5.26 Å².